The molecular formula is C17H14BrNO3. The number of halogens is 1. The Morgan fingerprint density at radius 2 is 1.91 bits per heavy atom. The maximum Gasteiger partial charge on any atom is 0.410 e. The van der Waals surface area contributed by atoms with E-state index < -0.39 is 6.09 Å². The summed E-state index contributed by atoms with van der Waals surface area (Å²) in [5.41, 5.74) is 2.43. The van der Waals surface area contributed by atoms with Crippen LogP contribution < -0.4 is 0 Å². The average Bonchev–Trinajstić information content (AvgIpc) is 2.53. The number of ketones is 1. The Balaban J connectivity index is 1.68. The van der Waals surface area contributed by atoms with Crippen LogP contribution in [-0.2, 0) is 17.9 Å². The second-order valence-corrected chi connectivity index (χ2v) is 6.04. The van der Waals surface area contributed by atoms with Crippen LogP contribution in [0.25, 0.3) is 0 Å². The molecule has 2 aromatic carbocycles. The number of carbonyl (C=O) groups excluding carboxylic acids is 2. The normalized spacial score (nSPS) is 13.7. The van der Waals surface area contributed by atoms with E-state index in [4.69, 9.17) is 4.74 Å². The van der Waals surface area contributed by atoms with Gasteiger partial charge in [0.05, 0.1) is 13.1 Å². The molecular weight excluding hydrogens is 346 g/mol. The van der Waals surface area contributed by atoms with Gasteiger partial charge in [-0.3, -0.25) is 9.69 Å². The molecule has 4 nitrogen and oxygen atoms in total. The summed E-state index contributed by atoms with van der Waals surface area (Å²) in [6, 6.07) is 15.0. The third-order valence-electron chi connectivity index (χ3n) is 3.53. The molecule has 0 spiro atoms. The highest BCUT2D eigenvalue weighted by Crippen LogP contribution is 2.23. The molecule has 2 aromatic rings. The monoisotopic (exact) mass is 359 g/mol. The molecule has 0 N–H and O–H groups in total. The minimum Gasteiger partial charge on any atom is -0.445 e. The number of ether oxygens (including phenoxy) is 1. The van der Waals surface area contributed by atoms with Gasteiger partial charge in [0, 0.05) is 10.0 Å². The molecule has 1 aliphatic heterocycles. The van der Waals surface area contributed by atoms with Crippen LogP contribution in [0.1, 0.15) is 21.5 Å². The highest BCUT2D eigenvalue weighted by atomic mass is 79.9. The molecule has 0 atom stereocenters. The zero-order valence-corrected chi connectivity index (χ0v) is 13.4. The van der Waals surface area contributed by atoms with E-state index >= 15 is 0 Å². The maximum absolute atomic E-state index is 12.2. The fourth-order valence-corrected chi connectivity index (χ4v) is 2.83. The van der Waals surface area contributed by atoms with Gasteiger partial charge in [0.1, 0.15) is 6.61 Å². The summed E-state index contributed by atoms with van der Waals surface area (Å²) < 4.78 is 6.17. The van der Waals surface area contributed by atoms with Crippen molar-refractivity contribution in [3.05, 3.63) is 69.7 Å². The van der Waals surface area contributed by atoms with Crippen LogP contribution in [0.15, 0.2) is 53.0 Å². The topological polar surface area (TPSA) is 46.6 Å². The molecule has 0 bridgehead atoms. The summed E-state index contributed by atoms with van der Waals surface area (Å²) in [6.45, 7) is 0.645. The molecule has 22 heavy (non-hydrogen) atoms. The summed E-state index contributed by atoms with van der Waals surface area (Å²) in [7, 11) is 0. The molecule has 0 radical (unpaired) electrons. The van der Waals surface area contributed by atoms with Crippen molar-refractivity contribution in [3.63, 3.8) is 0 Å². The lowest BCUT2D eigenvalue weighted by Gasteiger charge is -2.27. The van der Waals surface area contributed by atoms with E-state index in [0.29, 0.717) is 12.1 Å². The number of fused-ring (bicyclic) bond motifs is 1. The number of nitrogens with zero attached hydrogens (tertiary/aromatic N) is 1. The van der Waals surface area contributed by atoms with Crippen LogP contribution in [0.5, 0.6) is 0 Å². The van der Waals surface area contributed by atoms with Gasteiger partial charge in [0.25, 0.3) is 0 Å². The standard InChI is InChI=1S/C17H14BrNO3/c18-14-6-7-15-13(8-14)9-19(10-16(15)20)17(21)22-11-12-4-2-1-3-5-12/h1-8H,9-11H2. The van der Waals surface area contributed by atoms with E-state index in [1.807, 2.05) is 42.5 Å². The summed E-state index contributed by atoms with van der Waals surface area (Å²) in [4.78, 5) is 25.7. The Morgan fingerprint density at radius 3 is 2.68 bits per heavy atom. The minimum atomic E-state index is -0.470. The number of benzene rings is 2. The molecule has 1 heterocycles. The van der Waals surface area contributed by atoms with Gasteiger partial charge < -0.3 is 4.74 Å². The lowest BCUT2D eigenvalue weighted by Crippen LogP contribution is -2.39. The predicted octanol–water partition coefficient (Wildman–Crippen LogP) is 3.78. The first-order valence-electron chi connectivity index (χ1n) is 6.91. The number of hydrogen-bond donors (Lipinski definition) is 0. The molecule has 5 heteroatoms. The summed E-state index contributed by atoms with van der Waals surface area (Å²) in [5, 5.41) is 0. The van der Waals surface area contributed by atoms with Gasteiger partial charge in [-0.25, -0.2) is 4.79 Å². The molecule has 3 rings (SSSR count). The molecule has 1 amide bonds. The molecule has 0 saturated heterocycles. The van der Waals surface area contributed by atoms with Gasteiger partial charge in [0.15, 0.2) is 5.78 Å². The van der Waals surface area contributed by atoms with Crippen LogP contribution in [0.4, 0.5) is 4.79 Å². The second-order valence-electron chi connectivity index (χ2n) is 5.12. The molecule has 0 aromatic heterocycles. The Morgan fingerprint density at radius 1 is 1.14 bits per heavy atom. The molecule has 0 unspecified atom stereocenters. The second kappa shape index (κ2) is 6.32. The predicted molar refractivity (Wildman–Crippen MR) is 85.5 cm³/mol. The van der Waals surface area contributed by atoms with Crippen molar-refractivity contribution >= 4 is 27.8 Å². The quantitative estimate of drug-likeness (QED) is 0.819. The average molecular weight is 360 g/mol. The largest absolute Gasteiger partial charge is 0.445 e. The van der Waals surface area contributed by atoms with E-state index in [9.17, 15) is 9.59 Å². The van der Waals surface area contributed by atoms with Gasteiger partial charge in [0.2, 0.25) is 0 Å². The van der Waals surface area contributed by atoms with Crippen molar-refractivity contribution in [2.75, 3.05) is 6.54 Å². The van der Waals surface area contributed by atoms with Gasteiger partial charge in [-0.05, 0) is 29.3 Å². The van der Waals surface area contributed by atoms with E-state index in [1.165, 1.54) is 4.90 Å². The molecule has 112 valence electrons. The highest BCUT2D eigenvalue weighted by molar-refractivity contribution is 9.10. The highest BCUT2D eigenvalue weighted by Gasteiger charge is 2.27. The number of Topliss-reactive ketones (excluding diaryl/α,β-unsaturated/α-hetero) is 1. The van der Waals surface area contributed by atoms with Crippen molar-refractivity contribution in [1.82, 2.24) is 4.90 Å². The van der Waals surface area contributed by atoms with Crippen LogP contribution in [0, 0.1) is 0 Å². The van der Waals surface area contributed by atoms with Gasteiger partial charge in [-0.2, -0.15) is 0 Å². The summed E-state index contributed by atoms with van der Waals surface area (Å²) in [6.07, 6.45) is -0.470. The van der Waals surface area contributed by atoms with Crippen molar-refractivity contribution in [3.8, 4) is 0 Å². The van der Waals surface area contributed by atoms with Crippen LogP contribution in [-0.4, -0.2) is 23.3 Å². The smallest absolute Gasteiger partial charge is 0.410 e. The van der Waals surface area contributed by atoms with Gasteiger partial charge >= 0.3 is 6.09 Å². The first-order valence-corrected chi connectivity index (χ1v) is 7.70. The maximum atomic E-state index is 12.2. The van der Waals surface area contributed by atoms with Crippen molar-refractivity contribution in [2.45, 2.75) is 13.2 Å². The minimum absolute atomic E-state index is 0.0578. The van der Waals surface area contributed by atoms with E-state index in [1.54, 1.807) is 6.07 Å². The van der Waals surface area contributed by atoms with Crippen LogP contribution >= 0.6 is 15.9 Å². The summed E-state index contributed by atoms with van der Waals surface area (Å²) >= 11 is 3.38. The van der Waals surface area contributed by atoms with Crippen molar-refractivity contribution in [1.29, 1.82) is 0 Å². The van der Waals surface area contributed by atoms with Gasteiger partial charge in [-0.1, -0.05) is 46.3 Å². The molecule has 0 aliphatic carbocycles. The molecule has 0 saturated carbocycles. The zero-order chi connectivity index (χ0) is 15.5. The van der Waals surface area contributed by atoms with Crippen LogP contribution in [0.2, 0.25) is 0 Å². The Hall–Kier alpha value is -2.14. The van der Waals surface area contributed by atoms with E-state index in [0.717, 1.165) is 15.6 Å². The first-order chi connectivity index (χ1) is 10.6. The molecule has 1 aliphatic rings. The fraction of sp³-hybridized carbons (Fsp3) is 0.176. The van der Waals surface area contributed by atoms with Crippen molar-refractivity contribution in [2.24, 2.45) is 0 Å². The fourth-order valence-electron chi connectivity index (χ4n) is 2.42. The Bertz CT molecular complexity index is 715. The van der Waals surface area contributed by atoms with E-state index in [-0.39, 0.29) is 18.9 Å². The third kappa shape index (κ3) is 3.20. The Labute approximate surface area is 136 Å². The van der Waals surface area contributed by atoms with Crippen LogP contribution in [0.3, 0.4) is 0 Å². The SMILES string of the molecule is O=C1CN(C(=O)OCc2ccccc2)Cc2cc(Br)ccc21. The Kier molecular flexibility index (Phi) is 4.24. The number of hydrogen-bond acceptors (Lipinski definition) is 3. The first kappa shape index (κ1) is 14.8. The van der Waals surface area contributed by atoms with Gasteiger partial charge in [-0.15, -0.1) is 0 Å². The number of carbonyl (C=O) groups is 2. The number of amides is 1. The third-order valence-corrected chi connectivity index (χ3v) is 4.02. The summed E-state index contributed by atoms with van der Waals surface area (Å²) in [5.74, 6) is -0.0644. The van der Waals surface area contributed by atoms with Crippen molar-refractivity contribution < 1.29 is 14.3 Å². The lowest BCUT2D eigenvalue weighted by molar-refractivity contribution is 0.0756. The lowest BCUT2D eigenvalue weighted by atomic mass is 9.99. The molecule has 0 fully saturated rings. The number of rotatable bonds is 2. The zero-order valence-electron chi connectivity index (χ0n) is 11.8. The van der Waals surface area contributed by atoms with E-state index in [2.05, 4.69) is 15.9 Å².